The molecule has 6 nitrogen and oxygen atoms in total. The van der Waals surface area contributed by atoms with Crippen LogP contribution < -0.4 is 0 Å². The Morgan fingerprint density at radius 3 is 0.756 bits per heavy atom. The molecule has 0 bridgehead atoms. The van der Waals surface area contributed by atoms with Crippen molar-refractivity contribution in [1.82, 2.24) is 0 Å². The fourth-order valence-electron chi connectivity index (χ4n) is 10.3. The zero-order valence-corrected chi connectivity index (χ0v) is 54.5. The van der Waals surface area contributed by atoms with Crippen LogP contribution in [0.5, 0.6) is 0 Å². The SMILES string of the molecule is CC/C=C\C/C=C\C/C=C\C/C=C\C/C=C\C/C=C\CCCCCCC(=O)OC(COC(=O)CCCCCCCCC/C=C\CCCCCCCC)COC(=O)CCCCCCCCCCCCCCCCCCCCCCCCCC. The molecule has 0 aliphatic rings. The van der Waals surface area contributed by atoms with Gasteiger partial charge in [-0.25, -0.2) is 0 Å². The predicted octanol–water partition coefficient (Wildman–Crippen LogP) is 24.6. The predicted molar refractivity (Wildman–Crippen MR) is 358 cm³/mol. The van der Waals surface area contributed by atoms with E-state index in [0.717, 1.165) is 109 Å². The first-order valence-corrected chi connectivity index (χ1v) is 35.6. The van der Waals surface area contributed by atoms with Gasteiger partial charge in [0.2, 0.25) is 0 Å². The Balaban J connectivity index is 4.38. The average Bonchev–Trinajstić information content (AvgIpc) is 3.47. The topological polar surface area (TPSA) is 78.9 Å². The summed E-state index contributed by atoms with van der Waals surface area (Å²) in [6.07, 6.45) is 93.2. The number of rotatable bonds is 65. The zero-order chi connectivity index (χ0) is 59.2. The van der Waals surface area contributed by atoms with Crippen molar-refractivity contribution in [3.63, 3.8) is 0 Å². The Morgan fingerprint density at radius 1 is 0.256 bits per heavy atom. The minimum Gasteiger partial charge on any atom is -0.462 e. The fraction of sp³-hybridized carbons (Fsp3) is 0.776. The molecule has 0 saturated heterocycles. The molecule has 1 unspecified atom stereocenters. The molecule has 1 atom stereocenters. The smallest absolute Gasteiger partial charge is 0.306 e. The molecule has 0 aromatic carbocycles. The van der Waals surface area contributed by atoms with Crippen molar-refractivity contribution in [2.24, 2.45) is 0 Å². The lowest BCUT2D eigenvalue weighted by Gasteiger charge is -2.18. The third-order valence-electron chi connectivity index (χ3n) is 15.6. The van der Waals surface area contributed by atoms with Crippen molar-refractivity contribution >= 4 is 17.9 Å². The molecule has 0 aliphatic heterocycles. The quantitative estimate of drug-likeness (QED) is 0.0261. The summed E-state index contributed by atoms with van der Waals surface area (Å²) in [6.45, 7) is 6.55. The van der Waals surface area contributed by atoms with Crippen LogP contribution in [0.1, 0.15) is 361 Å². The first-order valence-electron chi connectivity index (χ1n) is 35.6. The summed E-state index contributed by atoms with van der Waals surface area (Å²) >= 11 is 0. The van der Waals surface area contributed by atoms with Crippen LogP contribution >= 0.6 is 0 Å². The van der Waals surface area contributed by atoms with Gasteiger partial charge in [0.05, 0.1) is 0 Å². The maximum absolute atomic E-state index is 13.0. The standard InChI is InChI=1S/C76H134O6/c1-4-7-10-13-16-19-22-25-28-31-33-35-37-39-40-42-45-48-51-54-57-60-63-66-69-75(78)81-72-73(71-80-74(77)68-65-62-59-56-53-50-47-44-30-27-24-21-18-15-12-9-6-3)82-76(79)70-67-64-61-58-55-52-49-46-43-41-38-36-34-32-29-26-23-20-17-14-11-8-5-2/h8,11,17,20,26-27,29-30,34,36,41,43,49,52,73H,4-7,9-10,12-16,18-19,21-25,28,31-33,35,37-40,42,44-48,50-51,53-72H2,1-3H3/b11-8-,20-17-,29-26-,30-27-,36-34-,43-41-,52-49-. The van der Waals surface area contributed by atoms with Crippen LogP contribution in [0.25, 0.3) is 0 Å². The number of allylic oxidation sites excluding steroid dienone is 14. The van der Waals surface area contributed by atoms with Gasteiger partial charge in [-0.3, -0.25) is 14.4 Å². The van der Waals surface area contributed by atoms with Crippen LogP contribution in [-0.4, -0.2) is 37.2 Å². The molecule has 0 saturated carbocycles. The largest absolute Gasteiger partial charge is 0.462 e. The number of hydrogen-bond acceptors (Lipinski definition) is 6. The number of hydrogen-bond donors (Lipinski definition) is 0. The van der Waals surface area contributed by atoms with Crippen LogP contribution in [0.2, 0.25) is 0 Å². The molecular weight excluding hydrogens is 1010 g/mol. The highest BCUT2D eigenvalue weighted by atomic mass is 16.6. The monoisotopic (exact) mass is 1140 g/mol. The van der Waals surface area contributed by atoms with Crippen LogP contribution in [0.15, 0.2) is 85.1 Å². The third-order valence-corrected chi connectivity index (χ3v) is 15.6. The Morgan fingerprint density at radius 2 is 0.476 bits per heavy atom. The van der Waals surface area contributed by atoms with E-state index in [9.17, 15) is 14.4 Å². The first-order chi connectivity index (χ1) is 40.5. The maximum Gasteiger partial charge on any atom is 0.306 e. The van der Waals surface area contributed by atoms with Crippen molar-refractivity contribution in [2.75, 3.05) is 13.2 Å². The lowest BCUT2D eigenvalue weighted by atomic mass is 10.0. The van der Waals surface area contributed by atoms with Crippen LogP contribution in [0, 0.1) is 0 Å². The second-order valence-electron chi connectivity index (χ2n) is 23.8. The summed E-state index contributed by atoms with van der Waals surface area (Å²) in [5.74, 6) is -0.895. The number of esters is 3. The molecule has 474 valence electrons. The summed E-state index contributed by atoms with van der Waals surface area (Å²) in [4.78, 5) is 38.5. The molecule has 0 amide bonds. The van der Waals surface area contributed by atoms with Gasteiger partial charge >= 0.3 is 17.9 Å². The van der Waals surface area contributed by atoms with Crippen LogP contribution in [0.4, 0.5) is 0 Å². The van der Waals surface area contributed by atoms with Crippen molar-refractivity contribution in [1.29, 1.82) is 0 Å². The molecule has 82 heavy (non-hydrogen) atoms. The highest BCUT2D eigenvalue weighted by Gasteiger charge is 2.19. The molecule has 0 heterocycles. The van der Waals surface area contributed by atoms with E-state index < -0.39 is 6.10 Å². The Bertz CT molecular complexity index is 1550. The molecule has 0 aromatic heterocycles. The highest BCUT2D eigenvalue weighted by Crippen LogP contribution is 2.18. The van der Waals surface area contributed by atoms with Gasteiger partial charge in [-0.15, -0.1) is 0 Å². The van der Waals surface area contributed by atoms with Gasteiger partial charge in [0.25, 0.3) is 0 Å². The van der Waals surface area contributed by atoms with E-state index in [1.165, 1.54) is 212 Å². The number of unbranched alkanes of at least 4 members (excludes halogenated alkanes) is 40. The van der Waals surface area contributed by atoms with Gasteiger partial charge in [0.1, 0.15) is 13.2 Å². The Kier molecular flexibility index (Phi) is 67.2. The molecule has 0 fully saturated rings. The van der Waals surface area contributed by atoms with E-state index in [2.05, 4.69) is 106 Å². The second-order valence-corrected chi connectivity index (χ2v) is 23.8. The Hall–Kier alpha value is -3.41. The lowest BCUT2D eigenvalue weighted by Crippen LogP contribution is -2.30. The molecule has 0 radical (unpaired) electrons. The number of carbonyl (C=O) groups is 3. The van der Waals surface area contributed by atoms with Gasteiger partial charge in [-0.1, -0.05) is 331 Å². The second kappa shape index (κ2) is 70.1. The van der Waals surface area contributed by atoms with Gasteiger partial charge in [-0.2, -0.15) is 0 Å². The Labute approximate surface area is 509 Å². The van der Waals surface area contributed by atoms with E-state index in [1.54, 1.807) is 0 Å². The molecular formula is C76H134O6. The summed E-state index contributed by atoms with van der Waals surface area (Å²) in [5, 5.41) is 0. The van der Waals surface area contributed by atoms with E-state index in [1.807, 2.05) is 0 Å². The summed E-state index contributed by atoms with van der Waals surface area (Å²) < 4.78 is 17.0. The van der Waals surface area contributed by atoms with Crippen molar-refractivity contribution in [3.05, 3.63) is 85.1 Å². The lowest BCUT2D eigenvalue weighted by molar-refractivity contribution is -0.167. The van der Waals surface area contributed by atoms with E-state index in [0.29, 0.717) is 19.3 Å². The summed E-state index contributed by atoms with van der Waals surface area (Å²) in [5.41, 5.74) is 0. The molecule has 0 aliphatic carbocycles. The number of ether oxygens (including phenoxy) is 3. The molecule has 0 aromatic rings. The maximum atomic E-state index is 13.0. The van der Waals surface area contributed by atoms with Gasteiger partial charge in [-0.05, 0) is 96.3 Å². The fourth-order valence-corrected chi connectivity index (χ4v) is 10.3. The van der Waals surface area contributed by atoms with Crippen LogP contribution in [-0.2, 0) is 28.6 Å². The average molecular weight is 1140 g/mol. The third kappa shape index (κ3) is 67.4. The van der Waals surface area contributed by atoms with E-state index in [4.69, 9.17) is 14.2 Å². The van der Waals surface area contributed by atoms with E-state index >= 15 is 0 Å². The van der Waals surface area contributed by atoms with Crippen LogP contribution in [0.3, 0.4) is 0 Å². The minimum absolute atomic E-state index is 0.0852. The molecule has 0 rings (SSSR count). The van der Waals surface area contributed by atoms with Gasteiger partial charge < -0.3 is 14.2 Å². The minimum atomic E-state index is -0.793. The number of carbonyl (C=O) groups excluding carboxylic acids is 3. The van der Waals surface area contributed by atoms with E-state index in [-0.39, 0.29) is 31.1 Å². The molecule has 6 heteroatoms. The first kappa shape index (κ1) is 78.6. The highest BCUT2D eigenvalue weighted by molar-refractivity contribution is 5.71. The van der Waals surface area contributed by atoms with Crippen molar-refractivity contribution in [3.8, 4) is 0 Å². The van der Waals surface area contributed by atoms with Crippen molar-refractivity contribution in [2.45, 2.75) is 367 Å². The summed E-state index contributed by atoms with van der Waals surface area (Å²) in [6, 6.07) is 0. The van der Waals surface area contributed by atoms with Crippen molar-refractivity contribution < 1.29 is 28.6 Å². The molecule has 0 spiro atoms. The normalized spacial score (nSPS) is 12.6. The summed E-state index contributed by atoms with van der Waals surface area (Å²) in [7, 11) is 0. The zero-order valence-electron chi connectivity index (χ0n) is 54.5. The van der Waals surface area contributed by atoms with Gasteiger partial charge in [0.15, 0.2) is 6.10 Å². The van der Waals surface area contributed by atoms with Gasteiger partial charge in [0, 0.05) is 19.3 Å². The molecule has 0 N–H and O–H groups in total.